The van der Waals surface area contributed by atoms with Gasteiger partial charge in [-0.05, 0) is 12.1 Å². The second-order valence-electron chi connectivity index (χ2n) is 3.28. The van der Waals surface area contributed by atoms with Crippen molar-refractivity contribution in [3.63, 3.8) is 0 Å². The molecular formula is C12H10BrClN2. The Kier molecular flexibility index (Phi) is 3.91. The Balaban J connectivity index is 2.40. The van der Waals surface area contributed by atoms with E-state index >= 15 is 0 Å². The number of hydrogen-bond acceptors (Lipinski definition) is 2. The fourth-order valence-electron chi connectivity index (χ4n) is 1.42. The molecule has 0 aliphatic rings. The van der Waals surface area contributed by atoms with Crippen molar-refractivity contribution in [2.75, 3.05) is 5.88 Å². The van der Waals surface area contributed by atoms with Crippen molar-refractivity contribution in [3.8, 4) is 11.3 Å². The van der Waals surface area contributed by atoms with Crippen LogP contribution in [0.1, 0.15) is 5.82 Å². The molecule has 0 N–H and O–H groups in total. The molecule has 0 spiro atoms. The summed E-state index contributed by atoms with van der Waals surface area (Å²) in [6, 6.07) is 9.89. The quantitative estimate of drug-likeness (QED) is 0.808. The summed E-state index contributed by atoms with van der Waals surface area (Å²) < 4.78 is 1.03. The molecule has 1 aromatic heterocycles. The van der Waals surface area contributed by atoms with Crippen molar-refractivity contribution in [2.24, 2.45) is 0 Å². The number of aryl methyl sites for hydroxylation is 1. The van der Waals surface area contributed by atoms with Gasteiger partial charge >= 0.3 is 0 Å². The first-order chi connectivity index (χ1) is 7.81. The number of hydrogen-bond donors (Lipinski definition) is 0. The van der Waals surface area contributed by atoms with Crippen LogP contribution in [0, 0.1) is 0 Å². The van der Waals surface area contributed by atoms with E-state index in [9.17, 15) is 0 Å². The zero-order valence-corrected chi connectivity index (χ0v) is 10.9. The Morgan fingerprint density at radius 3 is 2.75 bits per heavy atom. The molecule has 2 rings (SSSR count). The van der Waals surface area contributed by atoms with Crippen LogP contribution in [0.4, 0.5) is 0 Å². The van der Waals surface area contributed by atoms with Gasteiger partial charge in [-0.15, -0.1) is 11.6 Å². The average Bonchev–Trinajstić information content (AvgIpc) is 2.30. The molecule has 1 heterocycles. The third-order valence-electron chi connectivity index (χ3n) is 2.17. The van der Waals surface area contributed by atoms with E-state index in [1.54, 1.807) is 6.20 Å². The lowest BCUT2D eigenvalue weighted by Gasteiger charge is -2.04. The van der Waals surface area contributed by atoms with E-state index in [0.717, 1.165) is 21.6 Å². The van der Waals surface area contributed by atoms with E-state index < -0.39 is 0 Å². The van der Waals surface area contributed by atoms with E-state index in [4.69, 9.17) is 11.6 Å². The second kappa shape index (κ2) is 5.41. The highest BCUT2D eigenvalue weighted by atomic mass is 79.9. The van der Waals surface area contributed by atoms with Crippen LogP contribution >= 0.6 is 27.5 Å². The van der Waals surface area contributed by atoms with Gasteiger partial charge in [0.15, 0.2) is 0 Å². The van der Waals surface area contributed by atoms with Crippen LogP contribution in [0.3, 0.4) is 0 Å². The summed E-state index contributed by atoms with van der Waals surface area (Å²) in [5, 5.41) is 0. The normalized spacial score (nSPS) is 10.4. The summed E-state index contributed by atoms with van der Waals surface area (Å²) in [4.78, 5) is 8.64. The molecule has 0 amide bonds. The highest BCUT2D eigenvalue weighted by Crippen LogP contribution is 2.25. The first kappa shape index (κ1) is 11.6. The fraction of sp³-hybridized carbons (Fsp3) is 0.167. The van der Waals surface area contributed by atoms with E-state index in [1.165, 1.54) is 0 Å². The lowest BCUT2D eigenvalue weighted by molar-refractivity contribution is 0.948. The minimum atomic E-state index is 0.541. The van der Waals surface area contributed by atoms with Gasteiger partial charge in [0.2, 0.25) is 0 Å². The number of benzene rings is 1. The molecule has 0 aliphatic heterocycles. The summed E-state index contributed by atoms with van der Waals surface area (Å²) in [6.07, 6.45) is 2.46. The van der Waals surface area contributed by atoms with Gasteiger partial charge in [0, 0.05) is 28.5 Å². The van der Waals surface area contributed by atoms with Crippen LogP contribution in [-0.4, -0.2) is 15.8 Å². The van der Waals surface area contributed by atoms with Gasteiger partial charge in [0.05, 0.1) is 5.69 Å². The second-order valence-corrected chi connectivity index (χ2v) is 4.51. The predicted octanol–water partition coefficient (Wildman–Crippen LogP) is 3.69. The Labute approximate surface area is 108 Å². The maximum Gasteiger partial charge on any atom is 0.130 e. The molecule has 0 saturated carbocycles. The molecule has 0 aliphatic carbocycles. The zero-order valence-electron chi connectivity index (χ0n) is 8.53. The number of nitrogens with zero attached hydrogens (tertiary/aromatic N) is 2. The number of halogens is 2. The Morgan fingerprint density at radius 1 is 1.19 bits per heavy atom. The molecule has 0 radical (unpaired) electrons. The van der Waals surface area contributed by atoms with Gasteiger partial charge in [-0.25, -0.2) is 9.97 Å². The number of alkyl halides is 1. The minimum absolute atomic E-state index is 0.541. The summed E-state index contributed by atoms with van der Waals surface area (Å²) >= 11 is 9.19. The first-order valence-electron chi connectivity index (χ1n) is 4.94. The Morgan fingerprint density at radius 2 is 2.00 bits per heavy atom. The van der Waals surface area contributed by atoms with Crippen molar-refractivity contribution in [3.05, 3.63) is 46.8 Å². The van der Waals surface area contributed by atoms with Gasteiger partial charge in [0.25, 0.3) is 0 Å². The molecule has 0 bridgehead atoms. The van der Waals surface area contributed by atoms with Gasteiger partial charge in [-0.3, -0.25) is 0 Å². The molecule has 1 aromatic carbocycles. The molecule has 16 heavy (non-hydrogen) atoms. The SMILES string of the molecule is ClCCc1nccc(-c2ccccc2Br)n1. The van der Waals surface area contributed by atoms with E-state index in [0.29, 0.717) is 12.3 Å². The maximum atomic E-state index is 5.68. The van der Waals surface area contributed by atoms with Gasteiger partial charge in [0.1, 0.15) is 5.82 Å². The zero-order chi connectivity index (χ0) is 11.4. The average molecular weight is 298 g/mol. The van der Waals surface area contributed by atoms with Crippen molar-refractivity contribution < 1.29 is 0 Å². The lowest BCUT2D eigenvalue weighted by Crippen LogP contribution is -1.97. The monoisotopic (exact) mass is 296 g/mol. The molecular weight excluding hydrogens is 288 g/mol. The van der Waals surface area contributed by atoms with Crippen LogP contribution in [0.15, 0.2) is 41.0 Å². The van der Waals surface area contributed by atoms with E-state index in [1.807, 2.05) is 30.3 Å². The molecule has 0 fully saturated rings. The largest absolute Gasteiger partial charge is 0.241 e. The summed E-state index contributed by atoms with van der Waals surface area (Å²) in [7, 11) is 0. The van der Waals surface area contributed by atoms with Gasteiger partial charge in [-0.1, -0.05) is 34.1 Å². The van der Waals surface area contributed by atoms with Crippen LogP contribution < -0.4 is 0 Å². The van der Waals surface area contributed by atoms with Crippen LogP contribution in [-0.2, 0) is 6.42 Å². The molecule has 0 atom stereocenters. The number of aromatic nitrogens is 2. The van der Waals surface area contributed by atoms with Crippen LogP contribution in [0.5, 0.6) is 0 Å². The topological polar surface area (TPSA) is 25.8 Å². The molecule has 0 saturated heterocycles. The molecule has 2 nitrogen and oxygen atoms in total. The molecule has 82 valence electrons. The third-order valence-corrected chi connectivity index (χ3v) is 3.05. The predicted molar refractivity (Wildman–Crippen MR) is 69.6 cm³/mol. The number of rotatable bonds is 3. The lowest BCUT2D eigenvalue weighted by atomic mass is 10.1. The standard InChI is InChI=1S/C12H10BrClN2/c13-10-4-2-1-3-9(10)11-6-8-15-12(16-11)5-7-14/h1-4,6,8H,5,7H2. The summed E-state index contributed by atoms with van der Waals surface area (Å²) in [6.45, 7) is 0. The fourth-order valence-corrected chi connectivity index (χ4v) is 2.08. The van der Waals surface area contributed by atoms with Crippen molar-refractivity contribution in [1.29, 1.82) is 0 Å². The molecule has 0 unspecified atom stereocenters. The molecule has 2 aromatic rings. The summed E-state index contributed by atoms with van der Waals surface area (Å²) in [5.41, 5.74) is 1.99. The van der Waals surface area contributed by atoms with Crippen molar-refractivity contribution >= 4 is 27.5 Å². The van der Waals surface area contributed by atoms with Crippen LogP contribution in [0.2, 0.25) is 0 Å². The van der Waals surface area contributed by atoms with Crippen LogP contribution in [0.25, 0.3) is 11.3 Å². The first-order valence-corrected chi connectivity index (χ1v) is 6.27. The highest BCUT2D eigenvalue weighted by molar-refractivity contribution is 9.10. The molecule has 4 heteroatoms. The third kappa shape index (κ3) is 2.60. The van der Waals surface area contributed by atoms with Gasteiger partial charge in [-0.2, -0.15) is 0 Å². The maximum absolute atomic E-state index is 5.68. The highest BCUT2D eigenvalue weighted by Gasteiger charge is 2.04. The smallest absolute Gasteiger partial charge is 0.130 e. The Bertz CT molecular complexity index is 488. The van der Waals surface area contributed by atoms with E-state index in [2.05, 4.69) is 25.9 Å². The Hall–Kier alpha value is -0.930. The van der Waals surface area contributed by atoms with E-state index in [-0.39, 0.29) is 0 Å². The minimum Gasteiger partial charge on any atom is -0.241 e. The van der Waals surface area contributed by atoms with Crippen molar-refractivity contribution in [2.45, 2.75) is 6.42 Å². The summed E-state index contributed by atoms with van der Waals surface area (Å²) in [5.74, 6) is 1.32. The van der Waals surface area contributed by atoms with Crippen molar-refractivity contribution in [1.82, 2.24) is 9.97 Å². The van der Waals surface area contributed by atoms with Gasteiger partial charge < -0.3 is 0 Å².